The van der Waals surface area contributed by atoms with Gasteiger partial charge in [0.1, 0.15) is 5.60 Å². The maximum absolute atomic E-state index is 12.2. The average molecular weight is 343 g/mol. The minimum atomic E-state index is -0.494. The van der Waals surface area contributed by atoms with E-state index in [1.165, 1.54) is 0 Å². The molecule has 0 radical (unpaired) electrons. The van der Waals surface area contributed by atoms with Crippen LogP contribution in [0.5, 0.6) is 0 Å². The maximum Gasteiger partial charge on any atom is 0.410 e. The highest BCUT2D eigenvalue weighted by atomic mass is 16.6. The van der Waals surface area contributed by atoms with Crippen LogP contribution < -0.4 is 5.32 Å². The molecule has 24 heavy (non-hydrogen) atoms. The number of nitrogens with one attached hydrogen (secondary N) is 1. The van der Waals surface area contributed by atoms with Crippen LogP contribution in [0.3, 0.4) is 0 Å². The van der Waals surface area contributed by atoms with Gasteiger partial charge in [0, 0.05) is 46.9 Å². The first kappa shape index (κ1) is 20.5. The van der Waals surface area contributed by atoms with E-state index in [0.717, 1.165) is 25.8 Å². The lowest BCUT2D eigenvalue weighted by Gasteiger charge is -2.35. The van der Waals surface area contributed by atoms with Crippen LogP contribution >= 0.6 is 0 Å². The van der Waals surface area contributed by atoms with Crippen molar-refractivity contribution in [2.45, 2.75) is 45.6 Å². The van der Waals surface area contributed by atoms with E-state index in [2.05, 4.69) is 5.32 Å². The van der Waals surface area contributed by atoms with E-state index in [1.54, 1.807) is 19.1 Å². The van der Waals surface area contributed by atoms with Crippen molar-refractivity contribution in [3.63, 3.8) is 0 Å². The van der Waals surface area contributed by atoms with Gasteiger partial charge in [-0.25, -0.2) is 9.59 Å². The van der Waals surface area contributed by atoms with Crippen molar-refractivity contribution in [3.8, 4) is 0 Å². The van der Waals surface area contributed by atoms with Crippen molar-refractivity contribution in [1.82, 2.24) is 15.1 Å². The molecule has 0 aromatic rings. The zero-order valence-corrected chi connectivity index (χ0v) is 15.8. The Morgan fingerprint density at radius 1 is 1.33 bits per heavy atom. The topological polar surface area (TPSA) is 71.1 Å². The van der Waals surface area contributed by atoms with E-state index >= 15 is 0 Å². The molecule has 1 fully saturated rings. The standard InChI is InChI=1S/C17H33N3O4/c1-17(2,3)24-16(22)19(4)12-14-8-6-10-20(13-14)15(21)18-9-7-11-23-5/h14H,6-13H2,1-5H3,(H,18,21)/t14-/m1/s1. The molecule has 1 atom stereocenters. The highest BCUT2D eigenvalue weighted by molar-refractivity contribution is 5.74. The van der Waals surface area contributed by atoms with Gasteiger partial charge in [0.2, 0.25) is 0 Å². The largest absolute Gasteiger partial charge is 0.444 e. The summed E-state index contributed by atoms with van der Waals surface area (Å²) in [6.45, 7) is 8.86. The Morgan fingerprint density at radius 2 is 2.04 bits per heavy atom. The molecular formula is C17H33N3O4. The smallest absolute Gasteiger partial charge is 0.410 e. The summed E-state index contributed by atoms with van der Waals surface area (Å²) in [7, 11) is 3.40. The van der Waals surface area contributed by atoms with E-state index in [-0.39, 0.29) is 18.0 Å². The number of piperidine rings is 1. The molecule has 7 nitrogen and oxygen atoms in total. The quantitative estimate of drug-likeness (QED) is 0.751. The number of amides is 3. The van der Waals surface area contributed by atoms with Crippen molar-refractivity contribution < 1.29 is 19.1 Å². The lowest BCUT2D eigenvalue weighted by Crippen LogP contribution is -2.48. The van der Waals surface area contributed by atoms with Gasteiger partial charge in [-0.3, -0.25) is 0 Å². The highest BCUT2D eigenvalue weighted by Gasteiger charge is 2.27. The molecule has 1 rings (SSSR count). The molecule has 3 amide bonds. The first-order valence-corrected chi connectivity index (χ1v) is 8.68. The molecule has 1 heterocycles. The van der Waals surface area contributed by atoms with Crippen molar-refractivity contribution >= 4 is 12.1 Å². The molecule has 1 N–H and O–H groups in total. The van der Waals surface area contributed by atoms with E-state index < -0.39 is 5.60 Å². The lowest BCUT2D eigenvalue weighted by atomic mass is 9.98. The lowest BCUT2D eigenvalue weighted by molar-refractivity contribution is 0.0252. The van der Waals surface area contributed by atoms with E-state index in [4.69, 9.17) is 9.47 Å². The summed E-state index contributed by atoms with van der Waals surface area (Å²) >= 11 is 0. The fourth-order valence-corrected chi connectivity index (χ4v) is 2.72. The summed E-state index contributed by atoms with van der Waals surface area (Å²) in [6.07, 6.45) is 2.46. The van der Waals surface area contributed by atoms with E-state index in [0.29, 0.717) is 26.2 Å². The van der Waals surface area contributed by atoms with Crippen LogP contribution in [0.2, 0.25) is 0 Å². The Bertz CT molecular complexity index is 409. The third-order valence-corrected chi connectivity index (χ3v) is 3.84. The molecular weight excluding hydrogens is 310 g/mol. The van der Waals surface area contributed by atoms with Gasteiger partial charge in [-0.2, -0.15) is 0 Å². The van der Waals surface area contributed by atoms with Gasteiger partial charge in [0.05, 0.1) is 0 Å². The number of carbonyl (C=O) groups is 2. The summed E-state index contributed by atoms with van der Waals surface area (Å²) in [5.41, 5.74) is -0.494. The van der Waals surface area contributed by atoms with Gasteiger partial charge >= 0.3 is 12.1 Å². The van der Waals surface area contributed by atoms with Gasteiger partial charge in [-0.1, -0.05) is 0 Å². The third-order valence-electron chi connectivity index (χ3n) is 3.84. The molecule has 140 valence electrons. The van der Waals surface area contributed by atoms with Gasteiger partial charge in [0.25, 0.3) is 0 Å². The molecule has 1 saturated heterocycles. The minimum absolute atomic E-state index is 0.0317. The molecule has 0 aromatic carbocycles. The fraction of sp³-hybridized carbons (Fsp3) is 0.882. The number of likely N-dealkylation sites (tertiary alicyclic amines) is 1. The van der Waals surface area contributed by atoms with Crippen molar-refractivity contribution in [2.24, 2.45) is 5.92 Å². The number of rotatable bonds is 6. The number of carbonyl (C=O) groups excluding carboxylic acids is 2. The molecule has 0 aliphatic carbocycles. The van der Waals surface area contributed by atoms with Crippen LogP contribution in [0.1, 0.15) is 40.0 Å². The first-order chi connectivity index (χ1) is 11.2. The second kappa shape index (κ2) is 9.71. The van der Waals surface area contributed by atoms with Gasteiger partial charge in [0.15, 0.2) is 0 Å². The summed E-state index contributed by atoms with van der Waals surface area (Å²) < 4.78 is 10.3. The second-order valence-electron chi connectivity index (χ2n) is 7.39. The van der Waals surface area contributed by atoms with Gasteiger partial charge in [-0.05, 0) is 46.0 Å². The van der Waals surface area contributed by atoms with Crippen molar-refractivity contribution in [1.29, 1.82) is 0 Å². The molecule has 7 heteroatoms. The Labute approximate surface area is 145 Å². The predicted octanol–water partition coefficient (Wildman–Crippen LogP) is 2.31. The zero-order chi connectivity index (χ0) is 18.2. The van der Waals surface area contributed by atoms with E-state index in [1.807, 2.05) is 25.7 Å². The van der Waals surface area contributed by atoms with Crippen LogP contribution in [-0.2, 0) is 9.47 Å². The number of nitrogens with zero attached hydrogens (tertiary/aromatic N) is 2. The molecule has 0 spiro atoms. The number of hydrogen-bond donors (Lipinski definition) is 1. The molecule has 0 unspecified atom stereocenters. The Morgan fingerprint density at radius 3 is 2.67 bits per heavy atom. The highest BCUT2D eigenvalue weighted by Crippen LogP contribution is 2.18. The average Bonchev–Trinajstić information content (AvgIpc) is 2.50. The maximum atomic E-state index is 12.2. The van der Waals surface area contributed by atoms with Crippen LogP contribution in [0.4, 0.5) is 9.59 Å². The third kappa shape index (κ3) is 7.86. The van der Waals surface area contributed by atoms with Crippen molar-refractivity contribution in [2.75, 3.05) is 46.9 Å². The summed E-state index contributed by atoms with van der Waals surface area (Å²) in [4.78, 5) is 27.7. The minimum Gasteiger partial charge on any atom is -0.444 e. The molecule has 0 saturated carbocycles. The number of ether oxygens (including phenoxy) is 2. The number of urea groups is 1. The predicted molar refractivity (Wildman–Crippen MR) is 93.1 cm³/mol. The first-order valence-electron chi connectivity index (χ1n) is 8.68. The summed E-state index contributed by atoms with van der Waals surface area (Å²) in [6, 6.07) is -0.0317. The number of hydrogen-bond acceptors (Lipinski definition) is 4. The zero-order valence-electron chi connectivity index (χ0n) is 15.8. The Kier molecular flexibility index (Phi) is 8.31. The Hall–Kier alpha value is -1.50. The second-order valence-corrected chi connectivity index (χ2v) is 7.39. The van der Waals surface area contributed by atoms with Crippen molar-refractivity contribution in [3.05, 3.63) is 0 Å². The van der Waals surface area contributed by atoms with Crippen LogP contribution in [-0.4, -0.2) is 74.5 Å². The summed E-state index contributed by atoms with van der Waals surface area (Å²) in [5, 5.41) is 2.92. The van der Waals surface area contributed by atoms with Crippen LogP contribution in [0.15, 0.2) is 0 Å². The van der Waals surface area contributed by atoms with Gasteiger partial charge in [-0.15, -0.1) is 0 Å². The SMILES string of the molecule is COCCCNC(=O)N1CCC[C@H](CN(C)C(=O)OC(C)(C)C)C1. The molecule has 0 bridgehead atoms. The van der Waals surface area contributed by atoms with Gasteiger partial charge < -0.3 is 24.6 Å². The van der Waals surface area contributed by atoms with E-state index in [9.17, 15) is 9.59 Å². The summed E-state index contributed by atoms with van der Waals surface area (Å²) in [5.74, 6) is 0.279. The molecule has 1 aliphatic rings. The Balaban J connectivity index is 2.39. The number of methoxy groups -OCH3 is 1. The normalized spacial score (nSPS) is 18.2. The monoisotopic (exact) mass is 343 g/mol. The fourth-order valence-electron chi connectivity index (χ4n) is 2.72. The van der Waals surface area contributed by atoms with Crippen LogP contribution in [0.25, 0.3) is 0 Å². The molecule has 1 aliphatic heterocycles. The molecule has 0 aromatic heterocycles. The van der Waals surface area contributed by atoms with Crippen LogP contribution in [0, 0.1) is 5.92 Å².